The first kappa shape index (κ1) is 20.6. The van der Waals surface area contributed by atoms with Crippen molar-refractivity contribution < 1.29 is 13.9 Å². The Morgan fingerprint density at radius 2 is 1.83 bits per heavy atom. The van der Waals surface area contributed by atoms with E-state index in [2.05, 4.69) is 16.8 Å². The second-order valence-electron chi connectivity index (χ2n) is 7.63. The highest BCUT2D eigenvalue weighted by atomic mass is 32.1. The van der Waals surface area contributed by atoms with Crippen LogP contribution in [0.3, 0.4) is 0 Å². The van der Waals surface area contributed by atoms with E-state index in [1.807, 2.05) is 49.1 Å². The molecule has 1 aliphatic rings. The van der Waals surface area contributed by atoms with E-state index >= 15 is 0 Å². The third kappa shape index (κ3) is 4.27. The van der Waals surface area contributed by atoms with E-state index in [1.165, 1.54) is 0 Å². The summed E-state index contributed by atoms with van der Waals surface area (Å²) in [6, 6.07) is 9.99. The summed E-state index contributed by atoms with van der Waals surface area (Å²) >= 11 is 1.57. The van der Waals surface area contributed by atoms with Gasteiger partial charge in [0.05, 0.1) is 24.2 Å². The van der Waals surface area contributed by atoms with Gasteiger partial charge < -0.3 is 14.1 Å². The predicted molar refractivity (Wildman–Crippen MR) is 118 cm³/mol. The molecule has 0 N–H and O–H groups in total. The standard InChI is InChI=1S/C23H27N3O3S/c1-15-16(2)29-22(24-15)14-25-9-11-26(12-10-25)23(27)21-13-20(17(3)30-21)18-5-7-19(28-4)8-6-18/h5-8,13H,9-12,14H2,1-4H3. The molecule has 2 aromatic heterocycles. The van der Waals surface area contributed by atoms with Crippen molar-refractivity contribution in [1.29, 1.82) is 0 Å². The second-order valence-corrected chi connectivity index (χ2v) is 8.88. The largest absolute Gasteiger partial charge is 0.497 e. The van der Waals surface area contributed by atoms with E-state index in [0.29, 0.717) is 19.6 Å². The van der Waals surface area contributed by atoms with Crippen LogP contribution >= 0.6 is 11.3 Å². The van der Waals surface area contributed by atoms with Crippen molar-refractivity contribution in [1.82, 2.24) is 14.8 Å². The number of aromatic nitrogens is 1. The number of piperazine rings is 1. The minimum atomic E-state index is 0.116. The first-order valence-electron chi connectivity index (χ1n) is 10.1. The van der Waals surface area contributed by atoms with Crippen LogP contribution in [0.5, 0.6) is 5.75 Å². The molecule has 7 heteroatoms. The molecular formula is C23H27N3O3S. The van der Waals surface area contributed by atoms with Gasteiger partial charge in [0.25, 0.3) is 5.91 Å². The van der Waals surface area contributed by atoms with Crippen LogP contribution in [0.4, 0.5) is 0 Å². The van der Waals surface area contributed by atoms with Gasteiger partial charge in [0.15, 0.2) is 0 Å². The average Bonchev–Trinajstić information content (AvgIpc) is 3.29. The number of hydrogen-bond donors (Lipinski definition) is 0. The molecule has 0 atom stereocenters. The van der Waals surface area contributed by atoms with Gasteiger partial charge in [0, 0.05) is 31.1 Å². The Hall–Kier alpha value is -2.64. The van der Waals surface area contributed by atoms with Gasteiger partial charge in [-0.1, -0.05) is 12.1 Å². The summed E-state index contributed by atoms with van der Waals surface area (Å²) in [6.45, 7) is 9.73. The molecule has 0 saturated carbocycles. The lowest BCUT2D eigenvalue weighted by Crippen LogP contribution is -2.48. The smallest absolute Gasteiger partial charge is 0.264 e. The number of benzene rings is 1. The number of thiophene rings is 1. The Labute approximate surface area is 181 Å². The fourth-order valence-electron chi connectivity index (χ4n) is 3.71. The molecule has 4 rings (SSSR count). The quantitative estimate of drug-likeness (QED) is 0.610. The van der Waals surface area contributed by atoms with E-state index in [0.717, 1.165) is 57.1 Å². The van der Waals surface area contributed by atoms with E-state index in [9.17, 15) is 4.79 Å². The monoisotopic (exact) mass is 425 g/mol. The van der Waals surface area contributed by atoms with Crippen molar-refractivity contribution in [3.8, 4) is 16.9 Å². The number of oxazole rings is 1. The van der Waals surface area contributed by atoms with Gasteiger partial charge in [-0.05, 0) is 50.1 Å². The number of amides is 1. The van der Waals surface area contributed by atoms with Crippen LogP contribution in [-0.4, -0.2) is 54.0 Å². The SMILES string of the molecule is COc1ccc(-c2cc(C(=O)N3CCN(Cc4nc(C)c(C)o4)CC3)sc2C)cc1. The average molecular weight is 426 g/mol. The van der Waals surface area contributed by atoms with Crippen molar-refractivity contribution in [2.75, 3.05) is 33.3 Å². The zero-order valence-corrected chi connectivity index (χ0v) is 18.7. The van der Waals surface area contributed by atoms with Crippen molar-refractivity contribution in [2.45, 2.75) is 27.3 Å². The van der Waals surface area contributed by atoms with Gasteiger partial charge in [-0.2, -0.15) is 0 Å². The minimum Gasteiger partial charge on any atom is -0.497 e. The van der Waals surface area contributed by atoms with Gasteiger partial charge in [0.2, 0.25) is 5.89 Å². The molecule has 30 heavy (non-hydrogen) atoms. The first-order chi connectivity index (χ1) is 14.4. The number of carbonyl (C=O) groups excluding carboxylic acids is 1. The normalized spacial score (nSPS) is 14.9. The summed E-state index contributed by atoms with van der Waals surface area (Å²) in [5, 5.41) is 0. The molecule has 1 saturated heterocycles. The molecule has 3 heterocycles. The molecule has 1 amide bonds. The van der Waals surface area contributed by atoms with Crippen LogP contribution in [0.1, 0.15) is 31.9 Å². The van der Waals surface area contributed by atoms with Crippen molar-refractivity contribution in [2.24, 2.45) is 0 Å². The highest BCUT2D eigenvalue weighted by Gasteiger charge is 2.25. The zero-order valence-electron chi connectivity index (χ0n) is 17.9. The molecule has 0 aliphatic carbocycles. The third-order valence-corrected chi connectivity index (χ3v) is 6.66. The van der Waals surface area contributed by atoms with E-state index in [4.69, 9.17) is 9.15 Å². The Morgan fingerprint density at radius 3 is 2.43 bits per heavy atom. The minimum absolute atomic E-state index is 0.116. The second kappa shape index (κ2) is 8.62. The van der Waals surface area contributed by atoms with Gasteiger partial charge in [-0.15, -0.1) is 11.3 Å². The Balaban J connectivity index is 1.39. The predicted octanol–water partition coefficient (Wildman–Crippen LogP) is 4.29. The third-order valence-electron chi connectivity index (χ3n) is 5.62. The van der Waals surface area contributed by atoms with Crippen LogP contribution in [0.15, 0.2) is 34.7 Å². The molecule has 6 nitrogen and oxygen atoms in total. The molecule has 0 unspecified atom stereocenters. The van der Waals surface area contributed by atoms with E-state index < -0.39 is 0 Å². The van der Waals surface area contributed by atoms with Gasteiger partial charge in [0.1, 0.15) is 11.5 Å². The van der Waals surface area contributed by atoms with Crippen molar-refractivity contribution >= 4 is 17.2 Å². The summed E-state index contributed by atoms with van der Waals surface area (Å²) in [7, 11) is 1.66. The fourth-order valence-corrected chi connectivity index (χ4v) is 4.72. The number of nitrogens with zero attached hydrogens (tertiary/aromatic N) is 3. The highest BCUT2D eigenvalue weighted by molar-refractivity contribution is 7.14. The topological polar surface area (TPSA) is 58.8 Å². The van der Waals surface area contributed by atoms with Crippen LogP contribution in [0.2, 0.25) is 0 Å². The fraction of sp³-hybridized carbons (Fsp3) is 0.391. The molecule has 3 aromatic rings. The Morgan fingerprint density at radius 1 is 1.13 bits per heavy atom. The van der Waals surface area contributed by atoms with Crippen LogP contribution in [0, 0.1) is 20.8 Å². The summed E-state index contributed by atoms with van der Waals surface area (Å²) in [5.74, 6) is 2.57. The van der Waals surface area contributed by atoms with Gasteiger partial charge in [-0.3, -0.25) is 9.69 Å². The summed E-state index contributed by atoms with van der Waals surface area (Å²) in [5.41, 5.74) is 3.16. The van der Waals surface area contributed by atoms with Gasteiger partial charge >= 0.3 is 0 Å². The zero-order chi connectivity index (χ0) is 21.3. The number of rotatable bonds is 5. The highest BCUT2D eigenvalue weighted by Crippen LogP contribution is 2.32. The Kier molecular flexibility index (Phi) is 5.92. The molecule has 1 aromatic carbocycles. The first-order valence-corrected chi connectivity index (χ1v) is 11.0. The molecule has 158 valence electrons. The molecule has 0 bridgehead atoms. The lowest BCUT2D eigenvalue weighted by Gasteiger charge is -2.33. The number of methoxy groups -OCH3 is 1. The maximum atomic E-state index is 13.1. The number of ether oxygens (including phenoxy) is 1. The van der Waals surface area contributed by atoms with Gasteiger partial charge in [-0.25, -0.2) is 4.98 Å². The summed E-state index contributed by atoms with van der Waals surface area (Å²) < 4.78 is 10.9. The Bertz CT molecular complexity index is 1010. The van der Waals surface area contributed by atoms with Crippen molar-refractivity contribution in [3.05, 3.63) is 57.4 Å². The van der Waals surface area contributed by atoms with Crippen LogP contribution in [0.25, 0.3) is 11.1 Å². The summed E-state index contributed by atoms with van der Waals surface area (Å²) in [6.07, 6.45) is 0. The number of hydrogen-bond acceptors (Lipinski definition) is 6. The lowest BCUT2D eigenvalue weighted by molar-refractivity contribution is 0.0622. The number of aryl methyl sites for hydroxylation is 3. The molecule has 1 aliphatic heterocycles. The molecule has 0 spiro atoms. The van der Waals surface area contributed by atoms with Crippen molar-refractivity contribution in [3.63, 3.8) is 0 Å². The molecule has 1 fully saturated rings. The maximum absolute atomic E-state index is 13.1. The molecular weight excluding hydrogens is 398 g/mol. The van der Waals surface area contributed by atoms with Crippen LogP contribution in [-0.2, 0) is 6.54 Å². The summed E-state index contributed by atoms with van der Waals surface area (Å²) in [4.78, 5) is 23.7. The van der Waals surface area contributed by atoms with E-state index in [-0.39, 0.29) is 5.91 Å². The molecule has 0 radical (unpaired) electrons. The van der Waals surface area contributed by atoms with E-state index in [1.54, 1.807) is 18.4 Å². The van der Waals surface area contributed by atoms with Crippen LogP contribution < -0.4 is 4.74 Å². The number of carbonyl (C=O) groups is 1. The lowest BCUT2D eigenvalue weighted by atomic mass is 10.1. The maximum Gasteiger partial charge on any atom is 0.264 e.